The van der Waals surface area contributed by atoms with Crippen LogP contribution in [-0.4, -0.2) is 19.5 Å². The molecule has 53 heavy (non-hydrogen) atoms. The molecule has 0 amide bonds. The zero-order valence-electron chi connectivity index (χ0n) is 29.2. The minimum atomic E-state index is -0.107. The van der Waals surface area contributed by atoms with Gasteiger partial charge in [0.25, 0.3) is 0 Å². The summed E-state index contributed by atoms with van der Waals surface area (Å²) in [4.78, 5) is 15.3. The van der Waals surface area contributed by atoms with E-state index in [-0.39, 0.29) is 5.41 Å². The smallest absolute Gasteiger partial charge is 0.164 e. The summed E-state index contributed by atoms with van der Waals surface area (Å²) >= 11 is 1.84. The van der Waals surface area contributed by atoms with E-state index in [1.165, 1.54) is 58.8 Å². The molecule has 3 aromatic heterocycles. The van der Waals surface area contributed by atoms with Crippen LogP contribution in [-0.2, 0) is 5.41 Å². The summed E-state index contributed by atoms with van der Waals surface area (Å²) in [7, 11) is 0. The van der Waals surface area contributed by atoms with Crippen molar-refractivity contribution in [3.63, 3.8) is 0 Å². The standard InChI is InChI=1S/C48H32N4S/c1-48(2)37-22-12-9-19-31(37)35-27-36-32-20-10-13-23-39(32)52(41(36)28-38(35)48)40-26-25-34(43-33-21-11-14-24-42(33)53-44(40)43)47-50-45(29-15-5-3-6-16-29)49-46(51-47)30-17-7-4-8-18-30/h3-28H,1-2H3. The van der Waals surface area contributed by atoms with E-state index < -0.39 is 0 Å². The van der Waals surface area contributed by atoms with Crippen molar-refractivity contribution in [2.24, 2.45) is 0 Å². The number of benzene rings is 7. The lowest BCUT2D eigenvalue weighted by atomic mass is 9.82. The second kappa shape index (κ2) is 11.3. The molecule has 0 bridgehead atoms. The third-order valence-electron chi connectivity index (χ3n) is 11.1. The van der Waals surface area contributed by atoms with Crippen LogP contribution in [0.4, 0.5) is 0 Å². The van der Waals surface area contributed by atoms with Gasteiger partial charge in [0.05, 0.1) is 21.4 Å². The van der Waals surface area contributed by atoms with Crippen molar-refractivity contribution in [2.75, 3.05) is 0 Å². The van der Waals surface area contributed by atoms with E-state index in [4.69, 9.17) is 15.0 Å². The Balaban J connectivity index is 1.21. The lowest BCUT2D eigenvalue weighted by Crippen LogP contribution is -2.14. The lowest BCUT2D eigenvalue weighted by Gasteiger charge is -2.21. The van der Waals surface area contributed by atoms with Gasteiger partial charge >= 0.3 is 0 Å². The summed E-state index contributed by atoms with van der Waals surface area (Å²) in [5, 5.41) is 4.88. The van der Waals surface area contributed by atoms with Crippen LogP contribution in [0.2, 0.25) is 0 Å². The molecule has 0 atom stereocenters. The van der Waals surface area contributed by atoms with Crippen LogP contribution >= 0.6 is 11.3 Å². The van der Waals surface area contributed by atoms with Crippen molar-refractivity contribution in [2.45, 2.75) is 19.3 Å². The first-order valence-electron chi connectivity index (χ1n) is 18.0. The molecule has 3 heterocycles. The van der Waals surface area contributed by atoms with Crippen molar-refractivity contribution in [3.8, 4) is 51.0 Å². The molecule has 11 rings (SSSR count). The number of hydrogen-bond acceptors (Lipinski definition) is 4. The molecule has 7 aromatic carbocycles. The van der Waals surface area contributed by atoms with E-state index >= 15 is 0 Å². The molecule has 1 aliphatic rings. The lowest BCUT2D eigenvalue weighted by molar-refractivity contribution is 0.661. The maximum atomic E-state index is 5.18. The highest BCUT2D eigenvalue weighted by atomic mass is 32.1. The summed E-state index contributed by atoms with van der Waals surface area (Å²) in [5.41, 5.74) is 11.8. The van der Waals surface area contributed by atoms with Crippen LogP contribution < -0.4 is 0 Å². The molecule has 0 saturated carbocycles. The van der Waals surface area contributed by atoms with Crippen LogP contribution in [0.5, 0.6) is 0 Å². The van der Waals surface area contributed by atoms with Gasteiger partial charge < -0.3 is 4.57 Å². The SMILES string of the molecule is CC1(C)c2ccccc2-c2cc3c4ccccc4n(-c4ccc(-c5nc(-c6ccccc6)nc(-c6ccccc6)n5)c5c4sc4ccccc45)c3cc21. The third kappa shape index (κ3) is 4.44. The van der Waals surface area contributed by atoms with Crippen molar-refractivity contribution in [1.82, 2.24) is 19.5 Å². The molecule has 0 radical (unpaired) electrons. The van der Waals surface area contributed by atoms with E-state index in [9.17, 15) is 0 Å². The fourth-order valence-electron chi connectivity index (χ4n) is 8.53. The first kappa shape index (κ1) is 30.2. The molecule has 0 N–H and O–H groups in total. The second-order valence-corrected chi connectivity index (χ2v) is 15.5. The summed E-state index contributed by atoms with van der Waals surface area (Å²) < 4.78 is 4.93. The number of thiophene rings is 1. The van der Waals surface area contributed by atoms with Crippen LogP contribution in [0, 0.1) is 0 Å². The molecule has 0 aliphatic heterocycles. The summed E-state index contributed by atoms with van der Waals surface area (Å²) in [6, 6.07) is 56.3. The predicted molar refractivity (Wildman–Crippen MR) is 221 cm³/mol. The fourth-order valence-corrected chi connectivity index (χ4v) is 9.76. The van der Waals surface area contributed by atoms with Crippen molar-refractivity contribution < 1.29 is 0 Å². The minimum Gasteiger partial charge on any atom is -0.308 e. The second-order valence-electron chi connectivity index (χ2n) is 14.4. The summed E-state index contributed by atoms with van der Waals surface area (Å²) in [5.74, 6) is 1.98. The quantitative estimate of drug-likeness (QED) is 0.184. The Hall–Kier alpha value is -6.43. The van der Waals surface area contributed by atoms with E-state index in [0.717, 1.165) is 27.8 Å². The maximum absolute atomic E-state index is 5.18. The third-order valence-corrected chi connectivity index (χ3v) is 12.3. The molecule has 0 unspecified atom stereocenters. The van der Waals surface area contributed by atoms with Gasteiger partial charge in [-0.05, 0) is 58.7 Å². The molecular weight excluding hydrogens is 665 g/mol. The zero-order valence-corrected chi connectivity index (χ0v) is 30.0. The monoisotopic (exact) mass is 696 g/mol. The van der Waals surface area contributed by atoms with Gasteiger partial charge in [-0.2, -0.15) is 0 Å². The van der Waals surface area contributed by atoms with Gasteiger partial charge in [-0.1, -0.05) is 135 Å². The zero-order chi connectivity index (χ0) is 35.3. The van der Waals surface area contributed by atoms with Gasteiger partial charge in [0, 0.05) is 48.4 Å². The van der Waals surface area contributed by atoms with E-state index in [0.29, 0.717) is 17.5 Å². The molecule has 0 fully saturated rings. The number of para-hydroxylation sites is 1. The Morgan fingerprint density at radius 1 is 0.472 bits per heavy atom. The van der Waals surface area contributed by atoms with E-state index in [2.05, 4.69) is 140 Å². The highest BCUT2D eigenvalue weighted by Gasteiger charge is 2.36. The largest absolute Gasteiger partial charge is 0.308 e. The first-order valence-corrected chi connectivity index (χ1v) is 18.9. The van der Waals surface area contributed by atoms with Gasteiger partial charge in [0.15, 0.2) is 17.5 Å². The van der Waals surface area contributed by atoms with E-state index in [1.807, 2.05) is 47.7 Å². The van der Waals surface area contributed by atoms with Gasteiger partial charge in [-0.3, -0.25) is 0 Å². The number of rotatable bonds is 4. The molecule has 0 saturated heterocycles. The summed E-state index contributed by atoms with van der Waals surface area (Å²) in [6.07, 6.45) is 0. The van der Waals surface area contributed by atoms with Gasteiger partial charge in [-0.15, -0.1) is 11.3 Å². The molecule has 4 nitrogen and oxygen atoms in total. The highest BCUT2D eigenvalue weighted by Crippen LogP contribution is 2.52. The highest BCUT2D eigenvalue weighted by molar-refractivity contribution is 7.26. The van der Waals surface area contributed by atoms with Crippen LogP contribution in [0.1, 0.15) is 25.0 Å². The molecular formula is C48H32N4S. The normalized spacial score (nSPS) is 13.2. The average Bonchev–Trinajstić information content (AvgIpc) is 3.83. The van der Waals surface area contributed by atoms with Gasteiger partial charge in [-0.25, -0.2) is 15.0 Å². The Kier molecular flexibility index (Phi) is 6.43. The Morgan fingerprint density at radius 3 is 1.85 bits per heavy atom. The van der Waals surface area contributed by atoms with Gasteiger partial charge in [0.1, 0.15) is 0 Å². The number of fused-ring (bicyclic) bond motifs is 9. The van der Waals surface area contributed by atoms with Crippen LogP contribution in [0.15, 0.2) is 158 Å². The fraction of sp³-hybridized carbons (Fsp3) is 0.0625. The molecule has 5 heteroatoms. The summed E-state index contributed by atoms with van der Waals surface area (Å²) in [6.45, 7) is 4.72. The van der Waals surface area contributed by atoms with Crippen molar-refractivity contribution in [3.05, 3.63) is 169 Å². The van der Waals surface area contributed by atoms with E-state index in [1.54, 1.807) is 0 Å². The van der Waals surface area contributed by atoms with Crippen molar-refractivity contribution in [1.29, 1.82) is 0 Å². The Morgan fingerprint density at radius 2 is 1.09 bits per heavy atom. The predicted octanol–water partition coefficient (Wildman–Crippen LogP) is 12.6. The topological polar surface area (TPSA) is 43.6 Å². The number of aromatic nitrogens is 4. The number of nitrogens with zero attached hydrogens (tertiary/aromatic N) is 4. The molecule has 10 aromatic rings. The molecule has 1 aliphatic carbocycles. The molecule has 0 spiro atoms. The Labute approximate surface area is 310 Å². The average molecular weight is 697 g/mol. The van der Waals surface area contributed by atoms with Gasteiger partial charge in [0.2, 0.25) is 0 Å². The van der Waals surface area contributed by atoms with Crippen LogP contribution in [0.25, 0.3) is 93.0 Å². The Bertz CT molecular complexity index is 3020. The maximum Gasteiger partial charge on any atom is 0.164 e. The minimum absolute atomic E-state index is 0.107. The van der Waals surface area contributed by atoms with Crippen molar-refractivity contribution >= 4 is 53.3 Å². The number of hydrogen-bond donors (Lipinski definition) is 0. The molecule has 250 valence electrons. The van der Waals surface area contributed by atoms with Crippen LogP contribution in [0.3, 0.4) is 0 Å². The first-order chi connectivity index (χ1) is 26.0.